The standard InChI is InChI=1S/C20H25NO4S/c1-15(2)26(23,24)21-19-14-25-13-12-20(19,22)18-10-8-17(9-11-18)16-6-4-3-5-7-16/h3-11,15,19,21-22H,12-14H2,1-2H3/t19-,20?/m1/s1. The zero-order chi connectivity index (χ0) is 18.8. The van der Waals surface area contributed by atoms with Gasteiger partial charge in [-0.15, -0.1) is 0 Å². The van der Waals surface area contributed by atoms with E-state index in [1.54, 1.807) is 13.8 Å². The predicted molar refractivity (Wildman–Crippen MR) is 102 cm³/mol. The number of nitrogens with one attached hydrogen (secondary N) is 1. The maximum absolute atomic E-state index is 12.3. The quantitative estimate of drug-likeness (QED) is 0.842. The van der Waals surface area contributed by atoms with Crippen LogP contribution in [0.3, 0.4) is 0 Å². The molecule has 1 fully saturated rings. The molecular weight excluding hydrogens is 350 g/mol. The highest BCUT2D eigenvalue weighted by atomic mass is 32.2. The lowest BCUT2D eigenvalue weighted by Gasteiger charge is -2.40. The lowest BCUT2D eigenvalue weighted by Crippen LogP contribution is -2.57. The van der Waals surface area contributed by atoms with Gasteiger partial charge in [0.15, 0.2) is 0 Å². The second-order valence-electron chi connectivity index (χ2n) is 6.96. The van der Waals surface area contributed by atoms with Crippen LogP contribution in [0.4, 0.5) is 0 Å². The van der Waals surface area contributed by atoms with Gasteiger partial charge in [0, 0.05) is 13.0 Å². The molecule has 2 aromatic carbocycles. The number of ether oxygens (including phenoxy) is 1. The monoisotopic (exact) mass is 375 g/mol. The summed E-state index contributed by atoms with van der Waals surface area (Å²) in [5.74, 6) is 0. The van der Waals surface area contributed by atoms with Crippen LogP contribution >= 0.6 is 0 Å². The molecule has 0 radical (unpaired) electrons. The van der Waals surface area contributed by atoms with Crippen LogP contribution in [0.25, 0.3) is 11.1 Å². The fraction of sp³-hybridized carbons (Fsp3) is 0.400. The third-order valence-electron chi connectivity index (χ3n) is 4.91. The second kappa shape index (κ2) is 7.48. The SMILES string of the molecule is CC(C)S(=O)(=O)N[C@@H]1COCCC1(O)c1ccc(-c2ccccc2)cc1. The van der Waals surface area contributed by atoms with Gasteiger partial charge in [-0.05, 0) is 30.5 Å². The molecule has 2 aromatic rings. The molecule has 0 bridgehead atoms. The van der Waals surface area contributed by atoms with Crippen LogP contribution in [-0.4, -0.2) is 38.0 Å². The van der Waals surface area contributed by atoms with Crippen molar-refractivity contribution >= 4 is 10.0 Å². The van der Waals surface area contributed by atoms with Crippen molar-refractivity contribution in [1.29, 1.82) is 0 Å². The molecule has 3 rings (SSSR count). The van der Waals surface area contributed by atoms with Crippen LogP contribution < -0.4 is 4.72 Å². The van der Waals surface area contributed by atoms with Crippen molar-refractivity contribution in [2.75, 3.05) is 13.2 Å². The molecule has 0 saturated carbocycles. The zero-order valence-electron chi connectivity index (χ0n) is 15.1. The summed E-state index contributed by atoms with van der Waals surface area (Å²) < 4.78 is 32.6. The average Bonchev–Trinajstić information content (AvgIpc) is 2.64. The lowest BCUT2D eigenvalue weighted by molar-refractivity contribution is -0.0898. The Bertz CT molecular complexity index is 834. The molecule has 6 heteroatoms. The first-order valence-corrected chi connectivity index (χ1v) is 10.3. The van der Waals surface area contributed by atoms with E-state index in [1.807, 2.05) is 54.6 Å². The fourth-order valence-corrected chi connectivity index (χ4v) is 4.07. The first kappa shape index (κ1) is 19.0. The Morgan fingerprint density at radius 2 is 1.69 bits per heavy atom. The van der Waals surface area contributed by atoms with E-state index in [4.69, 9.17) is 4.74 Å². The normalized spacial score (nSPS) is 23.9. The molecule has 1 saturated heterocycles. The van der Waals surface area contributed by atoms with E-state index in [1.165, 1.54) is 0 Å². The minimum atomic E-state index is -3.52. The van der Waals surface area contributed by atoms with Crippen molar-refractivity contribution in [1.82, 2.24) is 4.72 Å². The van der Waals surface area contributed by atoms with Crippen LogP contribution in [0.5, 0.6) is 0 Å². The molecule has 1 heterocycles. The first-order valence-electron chi connectivity index (χ1n) is 8.80. The summed E-state index contributed by atoms with van der Waals surface area (Å²) in [5, 5.41) is 10.7. The Balaban J connectivity index is 1.89. The molecule has 1 aliphatic rings. The summed E-state index contributed by atoms with van der Waals surface area (Å²) in [6.07, 6.45) is 0.336. The van der Waals surface area contributed by atoms with E-state index in [2.05, 4.69) is 4.72 Å². The molecular formula is C20H25NO4S. The van der Waals surface area contributed by atoms with Gasteiger partial charge < -0.3 is 9.84 Å². The largest absolute Gasteiger partial charge is 0.383 e. The molecule has 2 atom stereocenters. The summed E-state index contributed by atoms with van der Waals surface area (Å²) in [6.45, 7) is 3.75. The molecule has 1 aliphatic heterocycles. The Morgan fingerprint density at radius 1 is 1.08 bits per heavy atom. The van der Waals surface area contributed by atoms with Crippen molar-refractivity contribution in [3.05, 3.63) is 60.2 Å². The highest BCUT2D eigenvalue weighted by Gasteiger charge is 2.43. The van der Waals surface area contributed by atoms with E-state index in [9.17, 15) is 13.5 Å². The highest BCUT2D eigenvalue weighted by Crippen LogP contribution is 2.34. The number of rotatable bonds is 5. The Morgan fingerprint density at radius 3 is 2.31 bits per heavy atom. The molecule has 2 N–H and O–H groups in total. The van der Waals surface area contributed by atoms with Crippen LogP contribution in [0, 0.1) is 0 Å². The van der Waals surface area contributed by atoms with Crippen molar-refractivity contribution in [2.45, 2.75) is 37.2 Å². The van der Waals surface area contributed by atoms with E-state index in [0.29, 0.717) is 18.6 Å². The van der Waals surface area contributed by atoms with Crippen molar-refractivity contribution < 1.29 is 18.3 Å². The van der Waals surface area contributed by atoms with Crippen molar-refractivity contribution in [3.8, 4) is 11.1 Å². The van der Waals surface area contributed by atoms with Gasteiger partial charge in [-0.1, -0.05) is 54.6 Å². The van der Waals surface area contributed by atoms with E-state index >= 15 is 0 Å². The average molecular weight is 375 g/mol. The number of sulfonamides is 1. The number of hydrogen-bond acceptors (Lipinski definition) is 4. The van der Waals surface area contributed by atoms with Gasteiger partial charge in [-0.3, -0.25) is 0 Å². The number of aliphatic hydroxyl groups is 1. The predicted octanol–water partition coefficient (Wildman–Crippen LogP) is 2.66. The van der Waals surface area contributed by atoms with Gasteiger partial charge in [0.1, 0.15) is 5.60 Å². The first-order chi connectivity index (χ1) is 12.3. The maximum atomic E-state index is 12.3. The van der Waals surface area contributed by atoms with Gasteiger partial charge in [0.25, 0.3) is 0 Å². The summed E-state index contributed by atoms with van der Waals surface area (Å²) in [5.41, 5.74) is 1.53. The van der Waals surface area contributed by atoms with E-state index in [-0.39, 0.29) is 6.61 Å². The van der Waals surface area contributed by atoms with Crippen LogP contribution in [0.1, 0.15) is 25.8 Å². The molecule has 0 aliphatic carbocycles. The third kappa shape index (κ3) is 3.83. The number of hydrogen-bond donors (Lipinski definition) is 2. The van der Waals surface area contributed by atoms with Crippen molar-refractivity contribution in [3.63, 3.8) is 0 Å². The van der Waals surface area contributed by atoms with E-state index < -0.39 is 26.9 Å². The van der Waals surface area contributed by atoms with Crippen LogP contribution in [0.15, 0.2) is 54.6 Å². The topological polar surface area (TPSA) is 75.6 Å². The molecule has 26 heavy (non-hydrogen) atoms. The van der Waals surface area contributed by atoms with Gasteiger partial charge in [-0.25, -0.2) is 13.1 Å². The van der Waals surface area contributed by atoms with Crippen molar-refractivity contribution in [2.24, 2.45) is 0 Å². The van der Waals surface area contributed by atoms with Gasteiger partial charge in [0.2, 0.25) is 10.0 Å². The molecule has 140 valence electrons. The summed E-state index contributed by atoms with van der Waals surface area (Å²) in [7, 11) is -3.52. The van der Waals surface area contributed by atoms with Gasteiger partial charge in [-0.2, -0.15) is 0 Å². The molecule has 0 amide bonds. The minimum absolute atomic E-state index is 0.142. The molecule has 1 unspecified atom stereocenters. The zero-order valence-corrected chi connectivity index (χ0v) is 15.9. The molecule has 5 nitrogen and oxygen atoms in total. The summed E-state index contributed by atoms with van der Waals surface area (Å²) in [6, 6.07) is 16.9. The van der Waals surface area contributed by atoms with E-state index in [0.717, 1.165) is 11.1 Å². The van der Waals surface area contributed by atoms with Crippen LogP contribution in [0.2, 0.25) is 0 Å². The molecule has 0 spiro atoms. The lowest BCUT2D eigenvalue weighted by atomic mass is 9.82. The van der Waals surface area contributed by atoms with Crippen LogP contribution in [-0.2, 0) is 20.4 Å². The fourth-order valence-electron chi connectivity index (χ4n) is 3.13. The number of benzene rings is 2. The highest BCUT2D eigenvalue weighted by molar-refractivity contribution is 7.90. The Hall–Kier alpha value is -1.73. The summed E-state index contributed by atoms with van der Waals surface area (Å²) in [4.78, 5) is 0. The second-order valence-corrected chi connectivity index (χ2v) is 9.23. The van der Waals surface area contributed by atoms with Gasteiger partial charge >= 0.3 is 0 Å². The Labute approximate surface area is 155 Å². The Kier molecular flexibility index (Phi) is 5.48. The third-order valence-corrected chi connectivity index (χ3v) is 6.76. The maximum Gasteiger partial charge on any atom is 0.214 e. The van der Waals surface area contributed by atoms with Gasteiger partial charge in [0.05, 0.1) is 17.9 Å². The smallest absolute Gasteiger partial charge is 0.214 e. The minimum Gasteiger partial charge on any atom is -0.383 e. The summed E-state index contributed by atoms with van der Waals surface area (Å²) >= 11 is 0. The molecule has 0 aromatic heterocycles.